The third kappa shape index (κ3) is 2.92. The predicted molar refractivity (Wildman–Crippen MR) is 67.5 cm³/mol. The van der Waals surface area contributed by atoms with Crippen LogP contribution in [-0.2, 0) is 6.54 Å². The van der Waals surface area contributed by atoms with Crippen LogP contribution in [0.15, 0.2) is 29.1 Å². The molecule has 0 spiro atoms. The van der Waals surface area contributed by atoms with Gasteiger partial charge in [-0.15, -0.1) is 11.3 Å². The first-order chi connectivity index (χ1) is 8.16. The fourth-order valence-corrected chi connectivity index (χ4v) is 2.04. The minimum Gasteiger partial charge on any atom is -0.374 e. The molecule has 88 valence electrons. The first-order valence-corrected chi connectivity index (χ1v) is 6.04. The highest BCUT2D eigenvalue weighted by atomic mass is 35.5. The molecular formula is C10H8ClN3O2S. The highest BCUT2D eigenvalue weighted by Crippen LogP contribution is 2.28. The zero-order valence-corrected chi connectivity index (χ0v) is 10.2. The Morgan fingerprint density at radius 2 is 2.35 bits per heavy atom. The maximum Gasteiger partial charge on any atom is 0.293 e. The topological polar surface area (TPSA) is 68.1 Å². The molecule has 0 aliphatic carbocycles. The van der Waals surface area contributed by atoms with Gasteiger partial charge in [0.25, 0.3) is 5.69 Å². The van der Waals surface area contributed by atoms with Gasteiger partial charge >= 0.3 is 0 Å². The molecule has 1 heterocycles. The molecule has 0 unspecified atom stereocenters. The van der Waals surface area contributed by atoms with Gasteiger partial charge in [-0.25, -0.2) is 4.98 Å². The van der Waals surface area contributed by atoms with Gasteiger partial charge in [-0.2, -0.15) is 0 Å². The van der Waals surface area contributed by atoms with Crippen LogP contribution in [0, 0.1) is 10.1 Å². The number of hydrogen-bond donors (Lipinski definition) is 1. The number of thiazole rings is 1. The molecule has 0 aliphatic rings. The summed E-state index contributed by atoms with van der Waals surface area (Å²) in [4.78, 5) is 14.4. The van der Waals surface area contributed by atoms with E-state index in [9.17, 15) is 10.1 Å². The third-order valence-corrected chi connectivity index (χ3v) is 2.97. The smallest absolute Gasteiger partial charge is 0.293 e. The van der Waals surface area contributed by atoms with Crippen LogP contribution in [0.3, 0.4) is 0 Å². The van der Waals surface area contributed by atoms with Gasteiger partial charge in [0.05, 0.1) is 22.7 Å². The van der Waals surface area contributed by atoms with Crippen LogP contribution in [0.5, 0.6) is 0 Å². The van der Waals surface area contributed by atoms with Crippen LogP contribution in [0.4, 0.5) is 11.4 Å². The average molecular weight is 270 g/mol. The van der Waals surface area contributed by atoms with Crippen molar-refractivity contribution < 1.29 is 4.92 Å². The third-order valence-electron chi connectivity index (χ3n) is 2.10. The van der Waals surface area contributed by atoms with Crippen molar-refractivity contribution in [3.05, 3.63) is 49.9 Å². The lowest BCUT2D eigenvalue weighted by Gasteiger charge is -2.05. The van der Waals surface area contributed by atoms with Crippen LogP contribution >= 0.6 is 22.9 Å². The SMILES string of the molecule is O=[N+]([O-])c1cc(Cl)ccc1NCc1cscn1. The Kier molecular flexibility index (Phi) is 3.55. The van der Waals surface area contributed by atoms with Gasteiger partial charge in [-0.3, -0.25) is 10.1 Å². The Balaban J connectivity index is 2.17. The largest absolute Gasteiger partial charge is 0.374 e. The summed E-state index contributed by atoms with van der Waals surface area (Å²) in [5.74, 6) is 0. The standard InChI is InChI=1S/C10H8ClN3O2S/c11-7-1-2-9(10(3-7)14(15)16)12-4-8-5-17-6-13-8/h1-3,5-6,12H,4H2. The molecular weight excluding hydrogens is 262 g/mol. The van der Waals surface area contributed by atoms with Crippen molar-refractivity contribution in [3.8, 4) is 0 Å². The molecule has 0 saturated carbocycles. The molecule has 1 aromatic heterocycles. The highest BCUT2D eigenvalue weighted by molar-refractivity contribution is 7.07. The molecule has 2 rings (SSSR count). The molecule has 0 fully saturated rings. The number of rotatable bonds is 4. The number of nitrogens with zero attached hydrogens (tertiary/aromatic N) is 2. The van der Waals surface area contributed by atoms with E-state index in [-0.39, 0.29) is 5.69 Å². The van der Waals surface area contributed by atoms with Crippen LogP contribution < -0.4 is 5.32 Å². The quantitative estimate of drug-likeness (QED) is 0.683. The molecule has 0 aliphatic heterocycles. The number of hydrogen-bond acceptors (Lipinski definition) is 5. The molecule has 2 aromatic rings. The molecule has 5 nitrogen and oxygen atoms in total. The number of halogens is 1. The Bertz CT molecular complexity index is 530. The highest BCUT2D eigenvalue weighted by Gasteiger charge is 2.13. The summed E-state index contributed by atoms with van der Waals surface area (Å²) in [6.07, 6.45) is 0. The summed E-state index contributed by atoms with van der Waals surface area (Å²) in [5.41, 5.74) is 2.96. The Morgan fingerprint density at radius 1 is 1.53 bits per heavy atom. The minimum atomic E-state index is -0.463. The summed E-state index contributed by atoms with van der Waals surface area (Å²) < 4.78 is 0. The Hall–Kier alpha value is -1.66. The van der Waals surface area contributed by atoms with E-state index in [0.717, 1.165) is 5.69 Å². The van der Waals surface area contributed by atoms with E-state index in [1.54, 1.807) is 17.6 Å². The van der Waals surface area contributed by atoms with Crippen LogP contribution in [-0.4, -0.2) is 9.91 Å². The van der Waals surface area contributed by atoms with Crippen molar-refractivity contribution in [1.29, 1.82) is 0 Å². The van der Waals surface area contributed by atoms with Crippen LogP contribution in [0.25, 0.3) is 0 Å². The zero-order chi connectivity index (χ0) is 12.3. The van der Waals surface area contributed by atoms with Crippen molar-refractivity contribution >= 4 is 34.3 Å². The number of anilines is 1. The minimum absolute atomic E-state index is 0.0345. The lowest BCUT2D eigenvalue weighted by atomic mass is 10.2. The van der Waals surface area contributed by atoms with Gasteiger partial charge in [0, 0.05) is 16.5 Å². The van der Waals surface area contributed by atoms with Crippen LogP contribution in [0.2, 0.25) is 5.02 Å². The Labute approximate surface area is 106 Å². The summed E-state index contributed by atoms with van der Waals surface area (Å²) in [6, 6.07) is 4.52. The number of nitro groups is 1. The molecule has 0 amide bonds. The van der Waals surface area contributed by atoms with E-state index in [1.165, 1.54) is 17.4 Å². The van der Waals surface area contributed by atoms with Gasteiger partial charge in [-0.1, -0.05) is 11.6 Å². The van der Waals surface area contributed by atoms with Crippen molar-refractivity contribution in [1.82, 2.24) is 4.98 Å². The predicted octanol–water partition coefficient (Wildman–Crippen LogP) is 3.32. The molecule has 0 saturated heterocycles. The number of aromatic nitrogens is 1. The second kappa shape index (κ2) is 5.11. The second-order valence-corrected chi connectivity index (χ2v) is 4.41. The zero-order valence-electron chi connectivity index (χ0n) is 8.59. The van der Waals surface area contributed by atoms with Crippen molar-refractivity contribution in [2.45, 2.75) is 6.54 Å². The summed E-state index contributed by atoms with van der Waals surface area (Å²) in [7, 11) is 0. The van der Waals surface area contributed by atoms with Gasteiger partial charge < -0.3 is 5.32 Å². The molecule has 0 radical (unpaired) electrons. The molecule has 0 bridgehead atoms. The van der Waals surface area contributed by atoms with E-state index in [2.05, 4.69) is 10.3 Å². The van der Waals surface area contributed by atoms with Crippen LogP contribution in [0.1, 0.15) is 5.69 Å². The van der Waals surface area contributed by atoms with Crippen molar-refractivity contribution in [2.75, 3.05) is 5.32 Å². The van der Waals surface area contributed by atoms with Gasteiger partial charge in [0.15, 0.2) is 0 Å². The van der Waals surface area contributed by atoms with Crippen molar-refractivity contribution in [2.24, 2.45) is 0 Å². The summed E-state index contributed by atoms with van der Waals surface area (Å²) in [6.45, 7) is 0.450. The lowest BCUT2D eigenvalue weighted by molar-refractivity contribution is -0.383. The maximum atomic E-state index is 10.8. The number of nitrogens with one attached hydrogen (secondary N) is 1. The summed E-state index contributed by atoms with van der Waals surface area (Å²) in [5, 5.41) is 16.0. The fourth-order valence-electron chi connectivity index (χ4n) is 1.32. The second-order valence-electron chi connectivity index (χ2n) is 3.25. The van der Waals surface area contributed by atoms with E-state index in [4.69, 9.17) is 11.6 Å². The fraction of sp³-hybridized carbons (Fsp3) is 0.100. The monoisotopic (exact) mass is 269 g/mol. The van der Waals surface area contributed by atoms with E-state index >= 15 is 0 Å². The molecule has 0 atom stereocenters. The van der Waals surface area contributed by atoms with E-state index in [0.29, 0.717) is 17.3 Å². The van der Waals surface area contributed by atoms with Gasteiger partial charge in [-0.05, 0) is 12.1 Å². The first kappa shape index (κ1) is 11.8. The van der Waals surface area contributed by atoms with E-state index < -0.39 is 4.92 Å². The Morgan fingerprint density at radius 3 is 3.00 bits per heavy atom. The summed E-state index contributed by atoms with van der Waals surface area (Å²) >= 11 is 7.20. The number of benzene rings is 1. The molecule has 7 heteroatoms. The molecule has 1 aromatic carbocycles. The molecule has 1 N–H and O–H groups in total. The molecule has 17 heavy (non-hydrogen) atoms. The van der Waals surface area contributed by atoms with E-state index in [1.807, 2.05) is 5.38 Å². The first-order valence-electron chi connectivity index (χ1n) is 4.71. The lowest BCUT2D eigenvalue weighted by Crippen LogP contribution is -2.02. The van der Waals surface area contributed by atoms with Gasteiger partial charge in [0.1, 0.15) is 5.69 Å². The normalized spacial score (nSPS) is 10.2. The average Bonchev–Trinajstić information content (AvgIpc) is 2.80. The maximum absolute atomic E-state index is 10.8. The van der Waals surface area contributed by atoms with Crippen molar-refractivity contribution in [3.63, 3.8) is 0 Å². The van der Waals surface area contributed by atoms with Gasteiger partial charge in [0.2, 0.25) is 0 Å². The number of nitro benzene ring substituents is 1.